The van der Waals surface area contributed by atoms with Crippen LogP contribution in [0.1, 0.15) is 15.9 Å². The third-order valence-electron chi connectivity index (χ3n) is 4.03. The molecule has 27 heavy (non-hydrogen) atoms. The maximum Gasteiger partial charge on any atom is 0.335 e. The summed E-state index contributed by atoms with van der Waals surface area (Å²) in [5.41, 5.74) is 3.65. The van der Waals surface area contributed by atoms with Gasteiger partial charge in [0.1, 0.15) is 5.75 Å². The highest BCUT2D eigenvalue weighted by molar-refractivity contribution is 5.94. The highest BCUT2D eigenvalue weighted by Gasteiger charge is 2.09. The van der Waals surface area contributed by atoms with E-state index in [9.17, 15) is 9.59 Å². The molecule has 3 rings (SSSR count). The van der Waals surface area contributed by atoms with Gasteiger partial charge in [-0.15, -0.1) is 0 Å². The Bertz CT molecular complexity index is 967. The Morgan fingerprint density at radius 1 is 0.926 bits per heavy atom. The van der Waals surface area contributed by atoms with Crippen LogP contribution < -0.4 is 10.1 Å². The van der Waals surface area contributed by atoms with Gasteiger partial charge in [0.15, 0.2) is 6.61 Å². The van der Waals surface area contributed by atoms with Gasteiger partial charge in [-0.25, -0.2) is 4.79 Å². The van der Waals surface area contributed by atoms with E-state index < -0.39 is 5.97 Å². The molecule has 0 fully saturated rings. The maximum atomic E-state index is 12.1. The number of rotatable bonds is 6. The van der Waals surface area contributed by atoms with Crippen LogP contribution in [0.25, 0.3) is 11.1 Å². The van der Waals surface area contributed by atoms with Gasteiger partial charge in [-0.05, 0) is 53.9 Å². The maximum absolute atomic E-state index is 12.1. The number of aryl methyl sites for hydroxylation is 1. The summed E-state index contributed by atoms with van der Waals surface area (Å²) < 4.78 is 5.61. The Morgan fingerprint density at radius 2 is 1.70 bits per heavy atom. The normalized spacial score (nSPS) is 10.3. The number of nitrogens with one attached hydrogen (secondary N) is 1. The minimum Gasteiger partial charge on any atom is -0.483 e. The fraction of sp³-hybridized carbons (Fsp3) is 0.0909. The van der Waals surface area contributed by atoms with Gasteiger partial charge in [0.2, 0.25) is 0 Å². The van der Waals surface area contributed by atoms with E-state index in [1.165, 1.54) is 12.1 Å². The van der Waals surface area contributed by atoms with Crippen molar-refractivity contribution in [3.8, 4) is 16.9 Å². The zero-order valence-corrected chi connectivity index (χ0v) is 14.8. The van der Waals surface area contributed by atoms with Gasteiger partial charge >= 0.3 is 5.97 Å². The van der Waals surface area contributed by atoms with E-state index in [-0.39, 0.29) is 18.1 Å². The van der Waals surface area contributed by atoms with Crippen molar-refractivity contribution < 1.29 is 19.4 Å². The summed E-state index contributed by atoms with van der Waals surface area (Å²) in [5.74, 6) is -0.773. The molecular formula is C22H19NO4. The summed E-state index contributed by atoms with van der Waals surface area (Å²) in [7, 11) is 0. The molecule has 0 aromatic heterocycles. The zero-order chi connectivity index (χ0) is 19.2. The number of carboxylic acid groups (broad SMARTS) is 1. The van der Waals surface area contributed by atoms with Crippen LogP contribution in [0.5, 0.6) is 5.75 Å². The standard InChI is InChI=1S/C22H19NO4/c1-15-12-17(16-6-3-2-4-7-16)10-11-20(15)27-14-21(24)23-19-9-5-8-18(13-19)22(25)26/h2-13H,14H2,1H3,(H,23,24)(H,25,26). The van der Waals surface area contributed by atoms with Gasteiger partial charge in [-0.1, -0.05) is 42.5 Å². The summed E-state index contributed by atoms with van der Waals surface area (Å²) >= 11 is 0. The van der Waals surface area contributed by atoms with Gasteiger partial charge < -0.3 is 15.2 Å². The molecule has 3 aromatic rings. The Balaban J connectivity index is 1.62. The minimum atomic E-state index is -1.04. The highest BCUT2D eigenvalue weighted by Crippen LogP contribution is 2.26. The van der Waals surface area contributed by atoms with Crippen LogP contribution in [0.4, 0.5) is 5.69 Å². The number of carboxylic acids is 1. The van der Waals surface area contributed by atoms with Crippen LogP contribution in [0.15, 0.2) is 72.8 Å². The first-order valence-electron chi connectivity index (χ1n) is 8.45. The Labute approximate surface area is 157 Å². The van der Waals surface area contributed by atoms with Crippen molar-refractivity contribution in [1.29, 1.82) is 0 Å². The van der Waals surface area contributed by atoms with Crippen LogP contribution in [0.3, 0.4) is 0 Å². The van der Waals surface area contributed by atoms with Crippen LogP contribution in [-0.4, -0.2) is 23.6 Å². The van der Waals surface area contributed by atoms with Crippen molar-refractivity contribution in [2.24, 2.45) is 0 Å². The van der Waals surface area contributed by atoms with Gasteiger partial charge in [-0.3, -0.25) is 4.79 Å². The first-order valence-corrected chi connectivity index (χ1v) is 8.45. The predicted octanol–water partition coefficient (Wildman–Crippen LogP) is 4.38. The summed E-state index contributed by atoms with van der Waals surface area (Å²) in [5, 5.41) is 11.6. The fourth-order valence-electron chi connectivity index (χ4n) is 2.69. The molecular weight excluding hydrogens is 342 g/mol. The van der Waals surface area contributed by atoms with Crippen molar-refractivity contribution in [1.82, 2.24) is 0 Å². The van der Waals surface area contributed by atoms with Crippen molar-refractivity contribution in [3.05, 3.63) is 83.9 Å². The predicted molar refractivity (Wildman–Crippen MR) is 104 cm³/mol. The average molecular weight is 361 g/mol. The Hall–Kier alpha value is -3.60. The molecule has 0 saturated carbocycles. The van der Waals surface area contributed by atoms with E-state index in [0.29, 0.717) is 11.4 Å². The van der Waals surface area contributed by atoms with Gasteiger partial charge in [0, 0.05) is 5.69 Å². The van der Waals surface area contributed by atoms with Crippen molar-refractivity contribution in [3.63, 3.8) is 0 Å². The lowest BCUT2D eigenvalue weighted by atomic mass is 10.0. The molecule has 5 nitrogen and oxygen atoms in total. The number of ether oxygens (including phenoxy) is 1. The lowest BCUT2D eigenvalue weighted by Crippen LogP contribution is -2.20. The molecule has 0 saturated heterocycles. The van der Waals surface area contributed by atoms with Gasteiger partial charge in [-0.2, -0.15) is 0 Å². The molecule has 0 heterocycles. The second kappa shape index (κ2) is 8.19. The van der Waals surface area contributed by atoms with Crippen molar-refractivity contribution in [2.45, 2.75) is 6.92 Å². The molecule has 0 bridgehead atoms. The number of amides is 1. The monoisotopic (exact) mass is 361 g/mol. The second-order valence-corrected chi connectivity index (χ2v) is 6.07. The number of carbonyl (C=O) groups is 2. The molecule has 1 amide bonds. The quantitative estimate of drug-likeness (QED) is 0.683. The average Bonchev–Trinajstić information content (AvgIpc) is 2.68. The molecule has 0 radical (unpaired) electrons. The van der Waals surface area contributed by atoms with E-state index >= 15 is 0 Å². The van der Waals surface area contributed by atoms with E-state index in [1.807, 2.05) is 55.5 Å². The molecule has 0 unspecified atom stereocenters. The molecule has 136 valence electrons. The topological polar surface area (TPSA) is 75.6 Å². The number of anilines is 1. The lowest BCUT2D eigenvalue weighted by Gasteiger charge is -2.11. The largest absolute Gasteiger partial charge is 0.483 e. The summed E-state index contributed by atoms with van der Waals surface area (Å²) in [4.78, 5) is 23.1. The van der Waals surface area contributed by atoms with E-state index in [2.05, 4.69) is 5.32 Å². The van der Waals surface area contributed by atoms with E-state index in [1.54, 1.807) is 12.1 Å². The number of benzene rings is 3. The van der Waals surface area contributed by atoms with Crippen molar-refractivity contribution in [2.75, 3.05) is 11.9 Å². The number of hydrogen-bond acceptors (Lipinski definition) is 3. The molecule has 0 spiro atoms. The molecule has 3 aromatic carbocycles. The molecule has 0 aliphatic carbocycles. The number of hydrogen-bond donors (Lipinski definition) is 2. The second-order valence-electron chi connectivity index (χ2n) is 6.07. The Morgan fingerprint density at radius 3 is 2.41 bits per heavy atom. The highest BCUT2D eigenvalue weighted by atomic mass is 16.5. The van der Waals surface area contributed by atoms with Crippen LogP contribution in [0, 0.1) is 6.92 Å². The third-order valence-corrected chi connectivity index (χ3v) is 4.03. The van der Waals surface area contributed by atoms with Crippen LogP contribution in [-0.2, 0) is 4.79 Å². The Kier molecular flexibility index (Phi) is 5.52. The fourth-order valence-corrected chi connectivity index (χ4v) is 2.69. The number of aromatic carboxylic acids is 1. The first kappa shape index (κ1) is 18.2. The number of carbonyl (C=O) groups excluding carboxylic acids is 1. The summed E-state index contributed by atoms with van der Waals surface area (Å²) in [6.07, 6.45) is 0. The SMILES string of the molecule is Cc1cc(-c2ccccc2)ccc1OCC(=O)Nc1cccc(C(=O)O)c1. The molecule has 5 heteroatoms. The lowest BCUT2D eigenvalue weighted by molar-refractivity contribution is -0.118. The van der Waals surface area contributed by atoms with E-state index in [4.69, 9.17) is 9.84 Å². The van der Waals surface area contributed by atoms with Gasteiger partial charge in [0.25, 0.3) is 5.91 Å². The van der Waals surface area contributed by atoms with Crippen molar-refractivity contribution >= 4 is 17.6 Å². The smallest absolute Gasteiger partial charge is 0.335 e. The third kappa shape index (κ3) is 4.73. The minimum absolute atomic E-state index is 0.112. The first-order chi connectivity index (χ1) is 13.0. The summed E-state index contributed by atoms with van der Waals surface area (Å²) in [6.45, 7) is 1.76. The molecule has 0 aliphatic heterocycles. The van der Waals surface area contributed by atoms with Crippen LogP contribution >= 0.6 is 0 Å². The molecule has 0 aliphatic rings. The molecule has 2 N–H and O–H groups in total. The summed E-state index contributed by atoms with van der Waals surface area (Å²) in [6, 6.07) is 21.9. The zero-order valence-electron chi connectivity index (χ0n) is 14.8. The van der Waals surface area contributed by atoms with Gasteiger partial charge in [0.05, 0.1) is 5.56 Å². The van der Waals surface area contributed by atoms with E-state index in [0.717, 1.165) is 16.7 Å². The van der Waals surface area contributed by atoms with Crippen LogP contribution in [0.2, 0.25) is 0 Å². The molecule has 0 atom stereocenters.